The Hall–Kier alpha value is -3.40. The van der Waals surface area contributed by atoms with Gasteiger partial charge in [0, 0.05) is 17.2 Å². The van der Waals surface area contributed by atoms with Gasteiger partial charge in [-0.2, -0.15) is 0 Å². The molecule has 124 valence electrons. The summed E-state index contributed by atoms with van der Waals surface area (Å²) in [4.78, 5) is 25.2. The molecule has 0 bridgehead atoms. The Labute approximate surface area is 145 Å². The number of carbonyl (C=O) groups excluding carboxylic acids is 2. The van der Waals surface area contributed by atoms with Gasteiger partial charge in [0.1, 0.15) is 11.5 Å². The van der Waals surface area contributed by atoms with Crippen LogP contribution < -0.4 is 0 Å². The van der Waals surface area contributed by atoms with Crippen molar-refractivity contribution in [2.24, 2.45) is 0 Å². The van der Waals surface area contributed by atoms with Crippen molar-refractivity contribution >= 4 is 11.6 Å². The molecule has 0 aliphatic heterocycles. The summed E-state index contributed by atoms with van der Waals surface area (Å²) in [5.41, 5.74) is 1.73. The lowest BCUT2D eigenvalue weighted by Gasteiger charge is -2.09. The van der Waals surface area contributed by atoms with E-state index in [1.807, 2.05) is 6.92 Å². The number of aromatic hydroxyl groups is 2. The van der Waals surface area contributed by atoms with Gasteiger partial charge >= 0.3 is 0 Å². The van der Waals surface area contributed by atoms with Gasteiger partial charge < -0.3 is 10.2 Å². The molecule has 0 atom stereocenters. The van der Waals surface area contributed by atoms with Gasteiger partial charge in [-0.25, -0.2) is 0 Å². The molecule has 2 N–H and O–H groups in total. The first-order chi connectivity index (χ1) is 12.0. The van der Waals surface area contributed by atoms with Crippen molar-refractivity contribution in [1.82, 2.24) is 0 Å². The highest BCUT2D eigenvalue weighted by atomic mass is 16.3. The fraction of sp³-hybridized carbons (Fsp3) is 0.0476. The SMILES string of the molecule is Cc1ccc(C(=O)c2cc(C(=O)c3ccccc3)c(O)cc2O)cc1. The van der Waals surface area contributed by atoms with E-state index in [-0.39, 0.29) is 22.6 Å². The first kappa shape index (κ1) is 16.5. The average Bonchev–Trinajstić information content (AvgIpc) is 2.62. The summed E-state index contributed by atoms with van der Waals surface area (Å²) in [6.45, 7) is 1.91. The normalized spacial score (nSPS) is 10.4. The molecule has 0 saturated carbocycles. The van der Waals surface area contributed by atoms with Crippen molar-refractivity contribution in [2.45, 2.75) is 6.92 Å². The molecule has 0 aliphatic carbocycles. The lowest BCUT2D eigenvalue weighted by molar-refractivity contribution is 0.103. The predicted octanol–water partition coefficient (Wildman–Crippen LogP) is 3.87. The maximum Gasteiger partial charge on any atom is 0.196 e. The first-order valence-electron chi connectivity index (χ1n) is 7.74. The van der Waals surface area contributed by atoms with E-state index in [1.165, 1.54) is 6.07 Å². The third-order valence-corrected chi connectivity index (χ3v) is 3.95. The van der Waals surface area contributed by atoms with Crippen molar-refractivity contribution in [1.29, 1.82) is 0 Å². The van der Waals surface area contributed by atoms with Crippen LogP contribution in [0.5, 0.6) is 11.5 Å². The summed E-state index contributed by atoms with van der Waals surface area (Å²) in [5.74, 6) is -1.57. The summed E-state index contributed by atoms with van der Waals surface area (Å²) in [6.07, 6.45) is 0. The Kier molecular flexibility index (Phi) is 4.35. The maximum absolute atomic E-state index is 12.6. The molecule has 0 amide bonds. The van der Waals surface area contributed by atoms with Crippen LogP contribution in [0.15, 0.2) is 66.7 Å². The molecule has 0 aliphatic rings. The second-order valence-electron chi connectivity index (χ2n) is 5.78. The molecule has 25 heavy (non-hydrogen) atoms. The highest BCUT2D eigenvalue weighted by Gasteiger charge is 2.21. The van der Waals surface area contributed by atoms with Crippen LogP contribution in [0, 0.1) is 6.92 Å². The second-order valence-corrected chi connectivity index (χ2v) is 5.78. The van der Waals surface area contributed by atoms with Crippen LogP contribution in [0.25, 0.3) is 0 Å². The number of phenolic OH excluding ortho intramolecular Hbond substituents is 2. The number of carbonyl (C=O) groups is 2. The van der Waals surface area contributed by atoms with Crippen molar-refractivity contribution in [3.63, 3.8) is 0 Å². The van der Waals surface area contributed by atoms with E-state index in [9.17, 15) is 19.8 Å². The van der Waals surface area contributed by atoms with Gasteiger partial charge in [0.2, 0.25) is 0 Å². The second kappa shape index (κ2) is 6.61. The summed E-state index contributed by atoms with van der Waals surface area (Å²) in [7, 11) is 0. The number of hydrogen-bond acceptors (Lipinski definition) is 4. The molecule has 0 heterocycles. The van der Waals surface area contributed by atoms with Crippen LogP contribution >= 0.6 is 0 Å². The average molecular weight is 332 g/mol. The van der Waals surface area contributed by atoms with Gasteiger partial charge in [-0.1, -0.05) is 60.2 Å². The zero-order chi connectivity index (χ0) is 18.0. The molecule has 3 rings (SSSR count). The number of benzene rings is 3. The van der Waals surface area contributed by atoms with Crippen LogP contribution in [0.3, 0.4) is 0 Å². The van der Waals surface area contributed by atoms with E-state index >= 15 is 0 Å². The number of ketones is 2. The van der Waals surface area contributed by atoms with Crippen molar-refractivity contribution < 1.29 is 19.8 Å². The van der Waals surface area contributed by atoms with Crippen LogP contribution in [0.1, 0.15) is 37.4 Å². The molecule has 4 nitrogen and oxygen atoms in total. The van der Waals surface area contributed by atoms with Gasteiger partial charge in [-0.3, -0.25) is 9.59 Å². The van der Waals surface area contributed by atoms with Gasteiger partial charge in [-0.15, -0.1) is 0 Å². The molecule has 0 saturated heterocycles. The Morgan fingerprint density at radius 3 is 1.68 bits per heavy atom. The summed E-state index contributed by atoms with van der Waals surface area (Å²) in [5, 5.41) is 20.1. The van der Waals surface area contributed by atoms with Crippen molar-refractivity contribution in [2.75, 3.05) is 0 Å². The zero-order valence-electron chi connectivity index (χ0n) is 13.6. The monoisotopic (exact) mass is 332 g/mol. The van der Waals surface area contributed by atoms with E-state index in [0.29, 0.717) is 11.1 Å². The standard InChI is InChI=1S/C21H16O4/c1-13-7-9-15(10-8-13)21(25)17-11-16(18(22)12-19(17)23)20(24)14-5-3-2-4-6-14/h2-12,22-23H,1H3. The molecule has 0 radical (unpaired) electrons. The van der Waals surface area contributed by atoms with E-state index in [1.54, 1.807) is 54.6 Å². The smallest absolute Gasteiger partial charge is 0.196 e. The molecule has 0 aromatic heterocycles. The fourth-order valence-electron chi connectivity index (χ4n) is 2.55. The van der Waals surface area contributed by atoms with Crippen molar-refractivity contribution in [3.8, 4) is 11.5 Å². The topological polar surface area (TPSA) is 74.6 Å². The largest absolute Gasteiger partial charge is 0.507 e. The lowest BCUT2D eigenvalue weighted by Crippen LogP contribution is -2.07. The van der Waals surface area contributed by atoms with Gasteiger partial charge in [0.05, 0.1) is 11.1 Å². The molecule has 0 fully saturated rings. The van der Waals surface area contributed by atoms with Crippen LogP contribution in [0.4, 0.5) is 0 Å². The minimum atomic E-state index is -0.420. The highest BCUT2D eigenvalue weighted by molar-refractivity contribution is 6.15. The number of hydrogen-bond donors (Lipinski definition) is 2. The number of phenols is 2. The van der Waals surface area contributed by atoms with Gasteiger partial charge in [0.25, 0.3) is 0 Å². The highest BCUT2D eigenvalue weighted by Crippen LogP contribution is 2.30. The quantitative estimate of drug-likeness (QED) is 0.711. The van der Waals surface area contributed by atoms with E-state index in [0.717, 1.165) is 11.6 Å². The van der Waals surface area contributed by atoms with Crippen molar-refractivity contribution in [3.05, 3.63) is 94.5 Å². The fourth-order valence-corrected chi connectivity index (χ4v) is 2.55. The predicted molar refractivity (Wildman–Crippen MR) is 94.3 cm³/mol. The Morgan fingerprint density at radius 2 is 1.16 bits per heavy atom. The third-order valence-electron chi connectivity index (χ3n) is 3.95. The van der Waals surface area contributed by atoms with Crippen LogP contribution in [-0.4, -0.2) is 21.8 Å². The molecular formula is C21H16O4. The Balaban J connectivity index is 2.05. The van der Waals surface area contributed by atoms with Gasteiger partial charge in [0.15, 0.2) is 11.6 Å². The molecular weight excluding hydrogens is 316 g/mol. The maximum atomic E-state index is 12.6. The zero-order valence-corrected chi connectivity index (χ0v) is 13.6. The Morgan fingerprint density at radius 1 is 0.680 bits per heavy atom. The van der Waals surface area contributed by atoms with Crippen LogP contribution in [0.2, 0.25) is 0 Å². The summed E-state index contributed by atoms with van der Waals surface area (Å²) < 4.78 is 0. The molecule has 3 aromatic carbocycles. The molecule has 0 unspecified atom stereocenters. The van der Waals surface area contributed by atoms with Crippen LogP contribution in [-0.2, 0) is 0 Å². The minimum absolute atomic E-state index is 0.0269. The first-order valence-corrected chi connectivity index (χ1v) is 7.74. The Bertz CT molecular complexity index is 942. The summed E-state index contributed by atoms with van der Waals surface area (Å²) in [6, 6.07) is 17.6. The van der Waals surface area contributed by atoms with E-state index in [2.05, 4.69) is 0 Å². The summed E-state index contributed by atoms with van der Waals surface area (Å²) >= 11 is 0. The molecule has 0 spiro atoms. The van der Waals surface area contributed by atoms with E-state index in [4.69, 9.17) is 0 Å². The minimum Gasteiger partial charge on any atom is -0.507 e. The molecule has 3 aromatic rings. The number of rotatable bonds is 4. The lowest BCUT2D eigenvalue weighted by atomic mass is 9.95. The number of aryl methyl sites for hydroxylation is 1. The van der Waals surface area contributed by atoms with E-state index < -0.39 is 11.6 Å². The third kappa shape index (κ3) is 3.28. The van der Waals surface area contributed by atoms with Gasteiger partial charge in [-0.05, 0) is 13.0 Å². The molecule has 4 heteroatoms.